The third kappa shape index (κ3) is 28.2. The molecule has 0 spiro atoms. The van der Waals surface area contributed by atoms with Crippen LogP contribution < -0.4 is 0 Å². The van der Waals surface area contributed by atoms with Gasteiger partial charge in [0.1, 0.15) is 42.7 Å². The van der Waals surface area contributed by atoms with Crippen LogP contribution in [0.2, 0.25) is 0 Å². The van der Waals surface area contributed by atoms with Crippen LogP contribution >= 0.6 is 7.82 Å². The molecule has 0 aromatic carbocycles. The van der Waals surface area contributed by atoms with Crippen molar-refractivity contribution in [2.24, 2.45) is 0 Å². The fraction of sp³-hybridized carbons (Fsp3) is 0.844. The minimum Gasteiger partial charge on any atom is -0.457 e. The lowest BCUT2D eigenvalue weighted by Crippen LogP contribution is -2.64. The van der Waals surface area contributed by atoms with Crippen LogP contribution in [0.3, 0.4) is 0 Å². The topological polar surface area (TPSA) is 192 Å². The van der Waals surface area contributed by atoms with E-state index in [0.29, 0.717) is 13.0 Å². The Bertz CT molecular complexity index is 1100. The molecule has 1 aliphatic carbocycles. The standard InChI is InChI=1S/C45H83O12P/c1-3-5-7-9-11-13-15-17-19-20-21-22-24-26-28-30-32-34-39(46)56-38(36-54-35-33-31-29-27-25-23-18-16-14-12-10-8-6-4-2)37-55-58(52,53)57-45-43(50)41(48)40(47)42(49)44(45)51/h6,8,12,14,18,23,38,40-45,47-51H,3-5,7,9-11,13,15-17,19-22,24-37H2,1-2H3,(H,52,53)/b8-6-,14-12-,23-18-. The van der Waals surface area contributed by atoms with Gasteiger partial charge in [0.05, 0.1) is 13.2 Å². The number of esters is 1. The van der Waals surface area contributed by atoms with Gasteiger partial charge in [0.15, 0.2) is 0 Å². The average Bonchev–Trinajstić information content (AvgIpc) is 3.21. The van der Waals surface area contributed by atoms with Gasteiger partial charge >= 0.3 is 13.8 Å². The van der Waals surface area contributed by atoms with E-state index < -0.39 is 63.1 Å². The Labute approximate surface area is 351 Å². The summed E-state index contributed by atoms with van der Waals surface area (Å²) in [5, 5.41) is 50.1. The summed E-state index contributed by atoms with van der Waals surface area (Å²) >= 11 is 0. The molecule has 0 amide bonds. The lowest BCUT2D eigenvalue weighted by Gasteiger charge is -2.41. The van der Waals surface area contributed by atoms with E-state index in [1.807, 2.05) is 0 Å². The summed E-state index contributed by atoms with van der Waals surface area (Å²) in [6.45, 7) is 4.10. The van der Waals surface area contributed by atoms with E-state index in [1.165, 1.54) is 83.5 Å². The van der Waals surface area contributed by atoms with Gasteiger partial charge in [-0.15, -0.1) is 0 Å². The molecule has 0 aliphatic heterocycles. The molecule has 1 saturated carbocycles. The molecule has 340 valence electrons. The second kappa shape index (κ2) is 36.2. The molecule has 0 radical (unpaired) electrons. The maximum Gasteiger partial charge on any atom is 0.472 e. The van der Waals surface area contributed by atoms with Gasteiger partial charge in [-0.1, -0.05) is 166 Å². The lowest BCUT2D eigenvalue weighted by atomic mass is 9.85. The van der Waals surface area contributed by atoms with E-state index in [-0.39, 0.29) is 13.0 Å². The van der Waals surface area contributed by atoms with Crippen LogP contribution in [0.15, 0.2) is 36.5 Å². The molecule has 13 heteroatoms. The fourth-order valence-electron chi connectivity index (χ4n) is 6.90. The van der Waals surface area contributed by atoms with Gasteiger partial charge in [0, 0.05) is 13.0 Å². The Kier molecular flexibility index (Phi) is 34.1. The number of aliphatic hydroxyl groups excluding tert-OH is 5. The number of ether oxygens (including phenoxy) is 2. The molecule has 0 heterocycles. The van der Waals surface area contributed by atoms with E-state index in [0.717, 1.165) is 70.6 Å². The summed E-state index contributed by atoms with van der Waals surface area (Å²) in [6, 6.07) is 0. The zero-order valence-electron chi connectivity index (χ0n) is 36.1. The maximum atomic E-state index is 12.8. The van der Waals surface area contributed by atoms with Crippen molar-refractivity contribution in [3.8, 4) is 0 Å². The Hall–Kier alpha value is -1.44. The Morgan fingerprint density at radius 2 is 1.02 bits per heavy atom. The molecular formula is C45H83O12P. The maximum absolute atomic E-state index is 12.8. The number of allylic oxidation sites excluding steroid dienone is 6. The highest BCUT2D eigenvalue weighted by Crippen LogP contribution is 2.47. The zero-order chi connectivity index (χ0) is 42.7. The zero-order valence-corrected chi connectivity index (χ0v) is 37.0. The predicted octanol–water partition coefficient (Wildman–Crippen LogP) is 9.09. The summed E-state index contributed by atoms with van der Waals surface area (Å²) in [6.07, 6.45) is 29.3. The predicted molar refractivity (Wildman–Crippen MR) is 230 cm³/mol. The summed E-state index contributed by atoms with van der Waals surface area (Å²) < 4.78 is 34.1. The Morgan fingerprint density at radius 3 is 1.55 bits per heavy atom. The van der Waals surface area contributed by atoms with Crippen molar-refractivity contribution >= 4 is 13.8 Å². The highest BCUT2D eigenvalue weighted by Gasteiger charge is 2.51. The van der Waals surface area contributed by atoms with Gasteiger partial charge in [-0.05, 0) is 44.9 Å². The first-order valence-corrected chi connectivity index (χ1v) is 24.3. The first kappa shape index (κ1) is 54.6. The molecule has 6 atom stereocenters. The second-order valence-corrected chi connectivity index (χ2v) is 17.3. The summed E-state index contributed by atoms with van der Waals surface area (Å²) in [4.78, 5) is 23.1. The number of aliphatic hydroxyl groups is 5. The number of unbranched alkanes of at least 4 members (excludes halogenated alkanes) is 20. The molecule has 1 aliphatic rings. The minimum atomic E-state index is -5.02. The van der Waals surface area contributed by atoms with Gasteiger partial charge < -0.3 is 39.9 Å². The SMILES string of the molecule is CC/C=C\C/C=C\C/C=C\CCCCCCOCC(COP(=O)(O)OC1C(O)C(O)C(O)C(O)C1O)OC(=O)CCCCCCCCCCCCCCCCCCC. The van der Waals surface area contributed by atoms with E-state index in [1.54, 1.807) is 0 Å². The number of carbonyl (C=O) groups is 1. The molecule has 0 bridgehead atoms. The number of hydrogen-bond donors (Lipinski definition) is 6. The summed E-state index contributed by atoms with van der Waals surface area (Å²) in [5.41, 5.74) is 0. The number of phosphoric ester groups is 1. The molecule has 0 saturated heterocycles. The van der Waals surface area contributed by atoms with Crippen LogP contribution in [-0.4, -0.2) is 98.9 Å². The third-order valence-electron chi connectivity index (χ3n) is 10.5. The van der Waals surface area contributed by atoms with E-state index >= 15 is 0 Å². The highest BCUT2D eigenvalue weighted by molar-refractivity contribution is 7.47. The Balaban J connectivity index is 2.40. The van der Waals surface area contributed by atoms with Gasteiger partial charge in [-0.2, -0.15) is 0 Å². The largest absolute Gasteiger partial charge is 0.472 e. The van der Waals surface area contributed by atoms with E-state index in [2.05, 4.69) is 50.3 Å². The molecule has 58 heavy (non-hydrogen) atoms. The van der Waals surface area contributed by atoms with Gasteiger partial charge in [-0.25, -0.2) is 4.57 Å². The van der Waals surface area contributed by atoms with Gasteiger partial charge in [-0.3, -0.25) is 13.8 Å². The molecule has 0 aromatic rings. The molecule has 12 nitrogen and oxygen atoms in total. The molecule has 1 fully saturated rings. The number of carbonyl (C=O) groups excluding carboxylic acids is 1. The monoisotopic (exact) mass is 847 g/mol. The van der Waals surface area contributed by atoms with Crippen molar-refractivity contribution in [2.75, 3.05) is 19.8 Å². The van der Waals surface area contributed by atoms with Crippen molar-refractivity contribution in [3.63, 3.8) is 0 Å². The van der Waals surface area contributed by atoms with E-state index in [4.69, 9.17) is 18.5 Å². The minimum absolute atomic E-state index is 0.0897. The number of phosphoric acid groups is 1. The van der Waals surface area contributed by atoms with Gasteiger partial charge in [0.25, 0.3) is 0 Å². The van der Waals surface area contributed by atoms with Gasteiger partial charge in [0.2, 0.25) is 0 Å². The molecule has 6 N–H and O–H groups in total. The van der Waals surface area contributed by atoms with Crippen LogP contribution in [0.25, 0.3) is 0 Å². The first-order chi connectivity index (χ1) is 28.0. The van der Waals surface area contributed by atoms with Crippen LogP contribution in [0.4, 0.5) is 0 Å². The number of hydrogen-bond acceptors (Lipinski definition) is 11. The molecule has 1 rings (SSSR count). The second-order valence-electron chi connectivity index (χ2n) is 15.9. The molecule has 0 aromatic heterocycles. The van der Waals surface area contributed by atoms with Crippen LogP contribution in [-0.2, 0) is 27.9 Å². The first-order valence-electron chi connectivity index (χ1n) is 22.8. The van der Waals surface area contributed by atoms with Crippen LogP contribution in [0, 0.1) is 0 Å². The molecular weight excluding hydrogens is 763 g/mol. The van der Waals surface area contributed by atoms with Crippen molar-refractivity contribution < 1.29 is 58.3 Å². The Morgan fingerprint density at radius 1 is 0.569 bits per heavy atom. The van der Waals surface area contributed by atoms with Crippen LogP contribution in [0.5, 0.6) is 0 Å². The lowest BCUT2D eigenvalue weighted by molar-refractivity contribution is -0.220. The summed E-state index contributed by atoms with van der Waals surface area (Å²) in [7, 11) is -5.02. The van der Waals surface area contributed by atoms with E-state index in [9.17, 15) is 39.8 Å². The normalized spacial score (nSPS) is 23.0. The summed E-state index contributed by atoms with van der Waals surface area (Å²) in [5.74, 6) is -0.484. The molecule has 6 unspecified atom stereocenters. The highest BCUT2D eigenvalue weighted by atomic mass is 31.2. The van der Waals surface area contributed by atoms with Crippen molar-refractivity contribution in [3.05, 3.63) is 36.5 Å². The van der Waals surface area contributed by atoms with Crippen molar-refractivity contribution in [1.29, 1.82) is 0 Å². The average molecular weight is 847 g/mol. The van der Waals surface area contributed by atoms with Crippen molar-refractivity contribution in [1.82, 2.24) is 0 Å². The number of rotatable bonds is 38. The quantitative estimate of drug-likeness (QED) is 0.0150. The van der Waals surface area contributed by atoms with Crippen LogP contribution in [0.1, 0.15) is 181 Å². The third-order valence-corrected chi connectivity index (χ3v) is 11.5. The fourth-order valence-corrected chi connectivity index (χ4v) is 7.87. The van der Waals surface area contributed by atoms with Crippen molar-refractivity contribution in [2.45, 2.75) is 224 Å². The smallest absolute Gasteiger partial charge is 0.457 e.